The van der Waals surface area contributed by atoms with Crippen molar-refractivity contribution in [3.05, 3.63) is 64.9 Å². The Morgan fingerprint density at radius 1 is 1.23 bits per heavy atom. The van der Waals surface area contributed by atoms with Crippen LogP contribution in [0, 0.1) is 0 Å². The Hall–Kier alpha value is -1.87. The largest absolute Gasteiger partial charge is 0.343 e. The number of hydrogen-bond donors (Lipinski definition) is 0. The van der Waals surface area contributed by atoms with E-state index in [1.807, 2.05) is 54.3 Å². The van der Waals surface area contributed by atoms with Crippen molar-refractivity contribution in [1.29, 1.82) is 0 Å². The lowest BCUT2D eigenvalue weighted by atomic mass is 9.92. The van der Waals surface area contributed by atoms with Crippen LogP contribution in [0.2, 0.25) is 5.02 Å². The van der Waals surface area contributed by atoms with Gasteiger partial charge in [-0.15, -0.1) is 0 Å². The van der Waals surface area contributed by atoms with E-state index in [1.54, 1.807) is 13.1 Å². The fraction of sp³-hybridized carbons (Fsp3) is 0.333. The van der Waals surface area contributed by atoms with Crippen molar-refractivity contribution in [1.82, 2.24) is 9.88 Å². The van der Waals surface area contributed by atoms with Gasteiger partial charge in [0.05, 0.1) is 0 Å². The topological polar surface area (TPSA) is 33.2 Å². The first-order valence-corrected chi connectivity index (χ1v) is 7.91. The van der Waals surface area contributed by atoms with Crippen molar-refractivity contribution >= 4 is 17.5 Å². The van der Waals surface area contributed by atoms with Crippen molar-refractivity contribution in [2.45, 2.75) is 26.2 Å². The van der Waals surface area contributed by atoms with Crippen molar-refractivity contribution in [2.24, 2.45) is 0 Å². The third kappa shape index (κ3) is 4.31. The number of nitrogens with zero attached hydrogens (tertiary/aromatic N) is 2. The minimum Gasteiger partial charge on any atom is -0.343 e. The van der Waals surface area contributed by atoms with Gasteiger partial charge in [-0.2, -0.15) is 0 Å². The quantitative estimate of drug-likeness (QED) is 0.803. The summed E-state index contributed by atoms with van der Waals surface area (Å²) in [4.78, 5) is 17.9. The van der Waals surface area contributed by atoms with Gasteiger partial charge in [-0.1, -0.05) is 29.8 Å². The number of hydrogen-bond acceptors (Lipinski definition) is 2. The molecule has 0 fully saturated rings. The molecule has 2 aromatic rings. The molecule has 0 bridgehead atoms. The van der Waals surface area contributed by atoms with Gasteiger partial charge in [0, 0.05) is 42.8 Å². The molecule has 1 aromatic heterocycles. The molecule has 2 rings (SSSR count). The molecular formula is C18H21ClN2O. The number of halogens is 1. The van der Waals surface area contributed by atoms with Crippen LogP contribution < -0.4 is 0 Å². The Morgan fingerprint density at radius 3 is 2.50 bits per heavy atom. The summed E-state index contributed by atoms with van der Waals surface area (Å²) < 4.78 is 0. The van der Waals surface area contributed by atoms with Crippen LogP contribution >= 0.6 is 11.6 Å². The predicted octanol–water partition coefficient (Wildman–Crippen LogP) is 4.13. The van der Waals surface area contributed by atoms with Gasteiger partial charge in [0.1, 0.15) is 0 Å². The minimum absolute atomic E-state index is 0.110. The Labute approximate surface area is 136 Å². The Balaban J connectivity index is 2.22. The molecule has 0 saturated heterocycles. The third-order valence-corrected chi connectivity index (χ3v) is 4.08. The van der Waals surface area contributed by atoms with Crippen LogP contribution in [0.15, 0.2) is 48.7 Å². The monoisotopic (exact) mass is 316 g/mol. The van der Waals surface area contributed by atoms with E-state index in [0.717, 1.165) is 30.2 Å². The van der Waals surface area contributed by atoms with Crippen LogP contribution in [0.4, 0.5) is 0 Å². The summed E-state index contributed by atoms with van der Waals surface area (Å²) in [6.07, 6.45) is 2.65. The van der Waals surface area contributed by atoms with Gasteiger partial charge in [0.2, 0.25) is 5.91 Å². The van der Waals surface area contributed by atoms with Gasteiger partial charge in [-0.25, -0.2) is 0 Å². The summed E-state index contributed by atoms with van der Waals surface area (Å²) in [5.74, 6) is 0.269. The number of pyridine rings is 1. The fourth-order valence-corrected chi connectivity index (χ4v) is 2.71. The number of rotatable bonds is 6. The number of carbonyl (C=O) groups is 1. The SMILES string of the molecule is CCN(CCC(c1ccc(Cl)cc1)c1ccccn1)C(C)=O. The molecule has 3 nitrogen and oxygen atoms in total. The molecule has 4 heteroatoms. The molecule has 1 amide bonds. The second-order valence-corrected chi connectivity index (χ2v) is 5.68. The van der Waals surface area contributed by atoms with Gasteiger partial charge >= 0.3 is 0 Å². The highest BCUT2D eigenvalue weighted by Crippen LogP contribution is 2.27. The standard InChI is InChI=1S/C18H21ClN2O/c1-3-21(14(2)22)13-11-17(18-6-4-5-12-20-18)15-7-9-16(19)10-8-15/h4-10,12,17H,3,11,13H2,1-2H3. The molecule has 0 saturated carbocycles. The molecule has 0 aliphatic carbocycles. The second kappa shape index (κ2) is 7.95. The molecule has 0 radical (unpaired) electrons. The highest BCUT2D eigenvalue weighted by molar-refractivity contribution is 6.30. The highest BCUT2D eigenvalue weighted by atomic mass is 35.5. The van der Waals surface area contributed by atoms with Crippen molar-refractivity contribution < 1.29 is 4.79 Å². The van der Waals surface area contributed by atoms with Crippen molar-refractivity contribution in [3.8, 4) is 0 Å². The van der Waals surface area contributed by atoms with Gasteiger partial charge in [-0.3, -0.25) is 9.78 Å². The minimum atomic E-state index is 0.110. The maximum atomic E-state index is 11.6. The lowest BCUT2D eigenvalue weighted by Crippen LogP contribution is -2.30. The van der Waals surface area contributed by atoms with E-state index in [1.165, 1.54) is 5.56 Å². The van der Waals surface area contributed by atoms with E-state index in [0.29, 0.717) is 0 Å². The average molecular weight is 317 g/mol. The van der Waals surface area contributed by atoms with Crippen LogP contribution in [0.25, 0.3) is 0 Å². The Morgan fingerprint density at radius 2 is 1.95 bits per heavy atom. The smallest absolute Gasteiger partial charge is 0.219 e. The maximum Gasteiger partial charge on any atom is 0.219 e. The zero-order valence-corrected chi connectivity index (χ0v) is 13.8. The third-order valence-electron chi connectivity index (χ3n) is 3.83. The first-order chi connectivity index (χ1) is 10.6. The van der Waals surface area contributed by atoms with Gasteiger partial charge in [0.25, 0.3) is 0 Å². The van der Waals surface area contributed by atoms with E-state index in [2.05, 4.69) is 4.98 Å². The summed E-state index contributed by atoms with van der Waals surface area (Å²) in [7, 11) is 0. The van der Waals surface area contributed by atoms with Crippen LogP contribution in [0.5, 0.6) is 0 Å². The number of amides is 1. The van der Waals surface area contributed by atoms with E-state index in [4.69, 9.17) is 11.6 Å². The molecule has 1 heterocycles. The first-order valence-electron chi connectivity index (χ1n) is 7.53. The van der Waals surface area contributed by atoms with Gasteiger partial charge in [0.15, 0.2) is 0 Å². The first kappa shape index (κ1) is 16.5. The molecule has 0 aliphatic heterocycles. The van der Waals surface area contributed by atoms with Crippen molar-refractivity contribution in [3.63, 3.8) is 0 Å². The predicted molar refractivity (Wildman–Crippen MR) is 90.1 cm³/mol. The number of benzene rings is 1. The van der Waals surface area contributed by atoms with E-state index >= 15 is 0 Å². The van der Waals surface area contributed by atoms with E-state index in [9.17, 15) is 4.79 Å². The Kier molecular flexibility index (Phi) is 5.96. The summed E-state index contributed by atoms with van der Waals surface area (Å²) in [6.45, 7) is 5.06. The second-order valence-electron chi connectivity index (χ2n) is 5.25. The normalized spacial score (nSPS) is 12.0. The van der Waals surface area contributed by atoms with Gasteiger partial charge in [-0.05, 0) is 43.2 Å². The molecule has 0 N–H and O–H groups in total. The molecule has 1 atom stereocenters. The molecule has 116 valence electrons. The van der Waals surface area contributed by atoms with Crippen LogP contribution in [-0.2, 0) is 4.79 Å². The molecule has 0 spiro atoms. The van der Waals surface area contributed by atoms with Crippen molar-refractivity contribution in [2.75, 3.05) is 13.1 Å². The summed E-state index contributed by atoms with van der Waals surface area (Å²) in [5.41, 5.74) is 2.19. The van der Waals surface area contributed by atoms with Crippen LogP contribution in [-0.4, -0.2) is 28.9 Å². The Bertz CT molecular complexity index is 598. The molecule has 22 heavy (non-hydrogen) atoms. The molecule has 0 aliphatic rings. The zero-order valence-electron chi connectivity index (χ0n) is 13.0. The number of carbonyl (C=O) groups excluding carboxylic acids is 1. The summed E-state index contributed by atoms with van der Waals surface area (Å²) in [5, 5.41) is 0.724. The molecule has 1 aromatic carbocycles. The fourth-order valence-electron chi connectivity index (χ4n) is 2.59. The molecule has 1 unspecified atom stereocenters. The summed E-state index contributed by atoms with van der Waals surface area (Å²) in [6, 6.07) is 13.8. The average Bonchev–Trinajstić information content (AvgIpc) is 2.53. The van der Waals surface area contributed by atoms with Crippen LogP contribution in [0.1, 0.15) is 37.4 Å². The number of aromatic nitrogens is 1. The lowest BCUT2D eigenvalue weighted by Gasteiger charge is -2.23. The zero-order chi connectivity index (χ0) is 15.9. The van der Waals surface area contributed by atoms with Crippen LogP contribution in [0.3, 0.4) is 0 Å². The highest BCUT2D eigenvalue weighted by Gasteiger charge is 2.17. The maximum absolute atomic E-state index is 11.6. The lowest BCUT2D eigenvalue weighted by molar-refractivity contribution is -0.128. The van der Waals surface area contributed by atoms with Gasteiger partial charge < -0.3 is 4.90 Å². The summed E-state index contributed by atoms with van der Waals surface area (Å²) >= 11 is 5.99. The molecular weight excluding hydrogens is 296 g/mol. The van der Waals surface area contributed by atoms with E-state index in [-0.39, 0.29) is 11.8 Å². The van der Waals surface area contributed by atoms with E-state index < -0.39 is 0 Å².